The first-order valence-electron chi connectivity index (χ1n) is 9.82. The second kappa shape index (κ2) is 7.42. The third-order valence-electron chi connectivity index (χ3n) is 5.01. The van der Waals surface area contributed by atoms with Crippen LogP contribution in [-0.4, -0.2) is 30.1 Å². The Morgan fingerprint density at radius 2 is 1.63 bits per heavy atom. The molecule has 0 saturated heterocycles. The van der Waals surface area contributed by atoms with Gasteiger partial charge in [0.05, 0.1) is 12.1 Å². The number of fused-ring (bicyclic) bond motifs is 1. The topological polar surface area (TPSA) is 76.2 Å². The maximum atomic E-state index is 12.8. The van der Waals surface area contributed by atoms with Crippen molar-refractivity contribution in [2.24, 2.45) is 7.05 Å². The number of aromatic nitrogens is 4. The van der Waals surface area contributed by atoms with E-state index in [-0.39, 0.29) is 11.5 Å². The highest BCUT2D eigenvalue weighted by Gasteiger charge is 2.25. The van der Waals surface area contributed by atoms with Crippen molar-refractivity contribution in [3.63, 3.8) is 0 Å². The van der Waals surface area contributed by atoms with Crippen LogP contribution in [0.2, 0.25) is 0 Å². The molecule has 4 aromatic rings. The molecule has 0 atom stereocenters. The lowest BCUT2D eigenvalue weighted by molar-refractivity contribution is 0.172. The molecule has 2 heterocycles. The van der Waals surface area contributed by atoms with Gasteiger partial charge in [-0.2, -0.15) is 10.1 Å². The monoisotopic (exact) mass is 403 g/mol. The summed E-state index contributed by atoms with van der Waals surface area (Å²) in [5.41, 5.74) is 2.85. The standard InChI is InChI=1S/C23H25N5O2/c1-23(2,3)28(30)22-24-20-19(21(29)26(22)4)15-27(25-20)14-16-10-12-18(13-11-16)17-8-6-5-7-9-17/h5-13,15,30H,14H2,1-4H3. The normalized spacial score (nSPS) is 11.8. The SMILES string of the molecule is Cn1c(N(O)C(C)(C)C)nc2nn(Cc3ccc(-c4ccccc4)cc3)cc2c1=O. The average molecular weight is 403 g/mol. The van der Waals surface area contributed by atoms with Crippen LogP contribution in [0.25, 0.3) is 22.2 Å². The van der Waals surface area contributed by atoms with E-state index in [0.717, 1.165) is 16.2 Å². The zero-order chi connectivity index (χ0) is 21.5. The lowest BCUT2D eigenvalue weighted by atomic mass is 10.0. The molecular formula is C23H25N5O2. The molecular weight excluding hydrogens is 378 g/mol. The highest BCUT2D eigenvalue weighted by Crippen LogP contribution is 2.21. The van der Waals surface area contributed by atoms with Crippen LogP contribution < -0.4 is 10.6 Å². The van der Waals surface area contributed by atoms with Gasteiger partial charge in [-0.15, -0.1) is 0 Å². The molecule has 154 valence electrons. The predicted octanol–water partition coefficient (Wildman–Crippen LogP) is 3.84. The van der Waals surface area contributed by atoms with Gasteiger partial charge in [0.25, 0.3) is 5.56 Å². The highest BCUT2D eigenvalue weighted by molar-refractivity contribution is 5.74. The molecule has 0 radical (unpaired) electrons. The third kappa shape index (κ3) is 3.71. The maximum Gasteiger partial charge on any atom is 0.265 e. The number of hydrogen-bond donors (Lipinski definition) is 1. The van der Waals surface area contributed by atoms with Gasteiger partial charge in [-0.3, -0.25) is 19.3 Å². The van der Waals surface area contributed by atoms with Gasteiger partial charge in [0.15, 0.2) is 5.65 Å². The quantitative estimate of drug-likeness (QED) is 0.524. The minimum atomic E-state index is -0.603. The lowest BCUT2D eigenvalue weighted by Crippen LogP contribution is -2.42. The third-order valence-corrected chi connectivity index (χ3v) is 5.01. The van der Waals surface area contributed by atoms with E-state index in [1.165, 1.54) is 10.1 Å². The van der Waals surface area contributed by atoms with Crippen molar-refractivity contribution in [3.05, 3.63) is 76.7 Å². The zero-order valence-corrected chi connectivity index (χ0v) is 17.6. The van der Waals surface area contributed by atoms with E-state index < -0.39 is 5.54 Å². The second-order valence-corrected chi connectivity index (χ2v) is 8.39. The summed E-state index contributed by atoms with van der Waals surface area (Å²) in [7, 11) is 1.60. The zero-order valence-electron chi connectivity index (χ0n) is 17.6. The van der Waals surface area contributed by atoms with Gasteiger partial charge in [0.2, 0.25) is 5.95 Å². The first-order valence-corrected chi connectivity index (χ1v) is 9.82. The fourth-order valence-corrected chi connectivity index (χ4v) is 3.28. The Morgan fingerprint density at radius 1 is 1.00 bits per heavy atom. The van der Waals surface area contributed by atoms with E-state index in [4.69, 9.17) is 0 Å². The van der Waals surface area contributed by atoms with Crippen molar-refractivity contribution in [2.75, 3.05) is 5.06 Å². The van der Waals surface area contributed by atoms with Crippen molar-refractivity contribution in [3.8, 4) is 11.1 Å². The smallest absolute Gasteiger partial charge is 0.265 e. The van der Waals surface area contributed by atoms with E-state index in [2.05, 4.69) is 46.5 Å². The number of hydroxylamine groups is 1. The molecule has 0 amide bonds. The van der Waals surface area contributed by atoms with Crippen LogP contribution in [-0.2, 0) is 13.6 Å². The Morgan fingerprint density at radius 3 is 2.27 bits per heavy atom. The molecule has 0 unspecified atom stereocenters. The molecule has 30 heavy (non-hydrogen) atoms. The molecule has 0 fully saturated rings. The number of rotatable bonds is 4. The molecule has 0 bridgehead atoms. The van der Waals surface area contributed by atoms with Gasteiger partial charge in [-0.05, 0) is 37.5 Å². The fraction of sp³-hybridized carbons (Fsp3) is 0.261. The van der Waals surface area contributed by atoms with Crippen molar-refractivity contribution in [1.82, 2.24) is 19.3 Å². The van der Waals surface area contributed by atoms with Crippen LogP contribution >= 0.6 is 0 Å². The summed E-state index contributed by atoms with van der Waals surface area (Å²) in [5, 5.41) is 16.3. The molecule has 1 N–H and O–H groups in total. The first-order chi connectivity index (χ1) is 14.2. The van der Waals surface area contributed by atoms with Gasteiger partial charge in [-0.1, -0.05) is 54.6 Å². The molecule has 0 aliphatic rings. The van der Waals surface area contributed by atoms with Crippen LogP contribution in [0.15, 0.2) is 65.6 Å². The van der Waals surface area contributed by atoms with E-state index in [9.17, 15) is 10.0 Å². The molecule has 4 rings (SSSR count). The molecule has 0 spiro atoms. The highest BCUT2D eigenvalue weighted by atomic mass is 16.5. The Bertz CT molecular complexity index is 1240. The summed E-state index contributed by atoms with van der Waals surface area (Å²) in [6.07, 6.45) is 1.71. The minimum Gasteiger partial charge on any atom is -0.285 e. The number of anilines is 1. The lowest BCUT2D eigenvalue weighted by Gasteiger charge is -2.30. The maximum absolute atomic E-state index is 12.8. The van der Waals surface area contributed by atoms with E-state index >= 15 is 0 Å². The van der Waals surface area contributed by atoms with Gasteiger partial charge in [0, 0.05) is 13.2 Å². The first kappa shape index (κ1) is 19.8. The fourth-order valence-electron chi connectivity index (χ4n) is 3.28. The van der Waals surface area contributed by atoms with Crippen LogP contribution in [0.4, 0.5) is 5.95 Å². The summed E-state index contributed by atoms with van der Waals surface area (Å²) in [5.74, 6) is 0.164. The van der Waals surface area contributed by atoms with Crippen LogP contribution in [0.3, 0.4) is 0 Å². The molecule has 0 aliphatic carbocycles. The van der Waals surface area contributed by atoms with Crippen molar-refractivity contribution < 1.29 is 5.21 Å². The van der Waals surface area contributed by atoms with Crippen molar-refractivity contribution >= 4 is 17.0 Å². The molecule has 2 aromatic heterocycles. The Kier molecular flexibility index (Phi) is 4.91. The molecule has 0 aliphatic heterocycles. The van der Waals surface area contributed by atoms with Crippen LogP contribution in [0.1, 0.15) is 26.3 Å². The van der Waals surface area contributed by atoms with Crippen LogP contribution in [0.5, 0.6) is 0 Å². The van der Waals surface area contributed by atoms with E-state index in [0.29, 0.717) is 17.6 Å². The molecule has 0 saturated carbocycles. The number of nitrogens with zero attached hydrogens (tertiary/aromatic N) is 5. The second-order valence-electron chi connectivity index (χ2n) is 8.39. The minimum absolute atomic E-state index is 0.164. The average Bonchev–Trinajstić information content (AvgIpc) is 3.13. The Hall–Kier alpha value is -3.45. The van der Waals surface area contributed by atoms with Crippen molar-refractivity contribution in [1.29, 1.82) is 0 Å². The molecule has 7 nitrogen and oxygen atoms in total. The predicted molar refractivity (Wildman–Crippen MR) is 118 cm³/mol. The summed E-state index contributed by atoms with van der Waals surface area (Å²) < 4.78 is 3.05. The molecule has 7 heteroatoms. The number of benzene rings is 2. The largest absolute Gasteiger partial charge is 0.285 e. The summed E-state index contributed by atoms with van der Waals surface area (Å²) in [6.45, 7) is 6.02. The molecule has 2 aromatic carbocycles. The Labute approximate surface area is 174 Å². The van der Waals surface area contributed by atoms with E-state index in [1.54, 1.807) is 17.9 Å². The number of hydrogen-bond acceptors (Lipinski definition) is 5. The Balaban J connectivity index is 1.64. The van der Waals surface area contributed by atoms with Crippen molar-refractivity contribution in [2.45, 2.75) is 32.9 Å². The summed E-state index contributed by atoms with van der Waals surface area (Å²) in [4.78, 5) is 17.2. The van der Waals surface area contributed by atoms with E-state index in [1.807, 2.05) is 39.0 Å². The summed E-state index contributed by atoms with van der Waals surface area (Å²) >= 11 is 0. The van der Waals surface area contributed by atoms with Gasteiger partial charge < -0.3 is 0 Å². The summed E-state index contributed by atoms with van der Waals surface area (Å²) in [6, 6.07) is 18.5. The van der Waals surface area contributed by atoms with Gasteiger partial charge in [0.1, 0.15) is 5.39 Å². The van der Waals surface area contributed by atoms with Crippen LogP contribution in [0, 0.1) is 0 Å². The van der Waals surface area contributed by atoms with Gasteiger partial charge >= 0.3 is 0 Å². The van der Waals surface area contributed by atoms with Gasteiger partial charge in [-0.25, -0.2) is 5.06 Å².